The van der Waals surface area contributed by atoms with Crippen LogP contribution >= 0.6 is 0 Å². The Hall–Kier alpha value is -3.71. The normalized spacial score (nSPS) is 19.7. The zero-order chi connectivity index (χ0) is 26.0. The van der Waals surface area contributed by atoms with Gasteiger partial charge in [0.1, 0.15) is 18.0 Å². The molecule has 6 heteroatoms. The van der Waals surface area contributed by atoms with E-state index in [-0.39, 0.29) is 19.8 Å². The molecule has 4 rings (SSSR count). The van der Waals surface area contributed by atoms with Gasteiger partial charge >= 0.3 is 5.97 Å². The number of hydrogen-bond donors (Lipinski definition) is 1. The monoisotopic (exact) mass is 500 g/mol. The van der Waals surface area contributed by atoms with Gasteiger partial charge in [-0.15, -0.1) is 6.58 Å². The highest BCUT2D eigenvalue weighted by molar-refractivity contribution is 5.91. The molecular formula is C31H32O6. The number of hydrogen-bond acceptors (Lipinski definition) is 6. The van der Waals surface area contributed by atoms with Crippen molar-refractivity contribution in [2.24, 2.45) is 0 Å². The quantitative estimate of drug-likeness (QED) is 0.304. The second-order valence-electron chi connectivity index (χ2n) is 8.72. The van der Waals surface area contributed by atoms with Crippen molar-refractivity contribution in [1.82, 2.24) is 0 Å². The Morgan fingerprint density at radius 2 is 1.70 bits per heavy atom. The highest BCUT2D eigenvalue weighted by atomic mass is 16.6. The first-order chi connectivity index (χ1) is 18.1. The Labute approximate surface area is 217 Å². The van der Waals surface area contributed by atoms with Crippen LogP contribution in [0.1, 0.15) is 27.9 Å². The molecule has 3 aromatic rings. The van der Waals surface area contributed by atoms with E-state index < -0.39 is 24.3 Å². The highest BCUT2D eigenvalue weighted by Gasteiger charge is 2.40. The molecule has 37 heavy (non-hydrogen) atoms. The first-order valence-corrected chi connectivity index (χ1v) is 12.3. The molecule has 192 valence electrons. The summed E-state index contributed by atoms with van der Waals surface area (Å²) in [6, 6.07) is 26.2. The minimum Gasteiger partial charge on any atom is -0.497 e. The molecule has 0 saturated carbocycles. The number of carbonyl (C=O) groups excluding carboxylic acids is 1. The molecule has 1 heterocycles. The number of carbonyl (C=O) groups is 1. The van der Waals surface area contributed by atoms with Crippen molar-refractivity contribution in [1.29, 1.82) is 0 Å². The van der Waals surface area contributed by atoms with Crippen LogP contribution in [0.4, 0.5) is 0 Å². The van der Waals surface area contributed by atoms with Crippen LogP contribution in [0.2, 0.25) is 0 Å². The lowest BCUT2D eigenvalue weighted by molar-refractivity contribution is -0.122. The smallest absolute Gasteiger partial charge is 0.338 e. The van der Waals surface area contributed by atoms with Crippen LogP contribution in [0, 0.1) is 0 Å². The lowest BCUT2D eigenvalue weighted by Gasteiger charge is -2.32. The SMILES string of the molecule is C=CCC1=C(c2ccccc2)[C@@H](OC(=O)c2ccc(OC)cc2)[C@H](OCc2ccccc2)[C@@H](CO)OC1. The summed E-state index contributed by atoms with van der Waals surface area (Å²) in [5.41, 5.74) is 3.95. The topological polar surface area (TPSA) is 74.2 Å². The third kappa shape index (κ3) is 6.54. The Morgan fingerprint density at radius 1 is 1.03 bits per heavy atom. The number of esters is 1. The minimum absolute atomic E-state index is 0.253. The molecule has 3 atom stereocenters. The van der Waals surface area contributed by atoms with Crippen LogP contribution < -0.4 is 4.74 Å². The molecule has 1 N–H and O–H groups in total. The summed E-state index contributed by atoms with van der Waals surface area (Å²) < 4.78 is 23.9. The fourth-order valence-corrected chi connectivity index (χ4v) is 4.42. The zero-order valence-corrected chi connectivity index (χ0v) is 20.9. The van der Waals surface area contributed by atoms with E-state index in [1.54, 1.807) is 37.5 Å². The predicted molar refractivity (Wildman–Crippen MR) is 142 cm³/mol. The number of benzene rings is 3. The summed E-state index contributed by atoms with van der Waals surface area (Å²) in [6.45, 7) is 4.13. The van der Waals surface area contributed by atoms with E-state index in [0.29, 0.717) is 17.7 Å². The van der Waals surface area contributed by atoms with Crippen LogP contribution in [0.3, 0.4) is 0 Å². The van der Waals surface area contributed by atoms with E-state index in [1.807, 2.05) is 60.7 Å². The average Bonchev–Trinajstić information content (AvgIpc) is 3.09. The van der Waals surface area contributed by atoms with Gasteiger partial charge in [-0.05, 0) is 47.4 Å². The lowest BCUT2D eigenvalue weighted by atomic mass is 9.90. The van der Waals surface area contributed by atoms with Crippen LogP contribution in [-0.4, -0.2) is 49.7 Å². The molecule has 0 bridgehead atoms. The van der Waals surface area contributed by atoms with Gasteiger partial charge in [-0.3, -0.25) is 0 Å². The van der Waals surface area contributed by atoms with Crippen molar-refractivity contribution in [3.8, 4) is 5.75 Å². The summed E-state index contributed by atoms with van der Waals surface area (Å²) in [7, 11) is 1.57. The molecule has 0 fully saturated rings. The van der Waals surface area contributed by atoms with Gasteiger partial charge in [0, 0.05) is 5.57 Å². The Kier molecular flexibility index (Phi) is 9.27. The van der Waals surface area contributed by atoms with Crippen LogP contribution in [0.5, 0.6) is 5.75 Å². The summed E-state index contributed by atoms with van der Waals surface area (Å²) in [5.74, 6) is 0.132. The zero-order valence-electron chi connectivity index (χ0n) is 20.9. The number of rotatable bonds is 10. The number of allylic oxidation sites excluding steroid dienone is 1. The molecule has 0 saturated heterocycles. The standard InChI is InChI=1S/C31H32O6/c1-3-10-25-21-35-27(19-32)29(36-20-22-11-6-4-7-12-22)30(28(25)23-13-8-5-9-14-23)37-31(33)24-15-17-26(34-2)18-16-24/h3-9,11-18,27,29-30,32H,1,10,19-21H2,2H3/t27-,29-,30-/m1/s1. The Morgan fingerprint density at radius 3 is 2.32 bits per heavy atom. The number of aliphatic hydroxyl groups excluding tert-OH is 1. The summed E-state index contributed by atoms with van der Waals surface area (Å²) in [4.78, 5) is 13.4. The Bertz CT molecular complexity index is 1190. The fourth-order valence-electron chi connectivity index (χ4n) is 4.42. The average molecular weight is 501 g/mol. The molecule has 0 unspecified atom stereocenters. The molecule has 0 spiro atoms. The van der Waals surface area contributed by atoms with Gasteiger partial charge in [0.05, 0.1) is 32.5 Å². The van der Waals surface area contributed by atoms with Crippen molar-refractivity contribution in [2.75, 3.05) is 20.3 Å². The molecule has 1 aliphatic rings. The second-order valence-corrected chi connectivity index (χ2v) is 8.72. The molecule has 0 aliphatic carbocycles. The van der Waals surface area contributed by atoms with E-state index >= 15 is 0 Å². The van der Waals surface area contributed by atoms with Gasteiger partial charge in [-0.2, -0.15) is 0 Å². The Balaban J connectivity index is 1.77. The van der Waals surface area contributed by atoms with Crippen molar-refractivity contribution in [3.63, 3.8) is 0 Å². The third-order valence-corrected chi connectivity index (χ3v) is 6.30. The maximum absolute atomic E-state index is 13.4. The second kappa shape index (κ2) is 13.0. The summed E-state index contributed by atoms with van der Waals surface area (Å²) in [5, 5.41) is 10.3. The molecule has 0 radical (unpaired) electrons. The van der Waals surface area contributed by atoms with Crippen molar-refractivity contribution in [2.45, 2.75) is 31.3 Å². The molecule has 6 nitrogen and oxygen atoms in total. The maximum Gasteiger partial charge on any atom is 0.338 e. The fraction of sp³-hybridized carbons (Fsp3) is 0.258. The molecule has 3 aromatic carbocycles. The van der Waals surface area contributed by atoms with Crippen molar-refractivity contribution >= 4 is 11.5 Å². The van der Waals surface area contributed by atoms with Gasteiger partial charge in [0.2, 0.25) is 0 Å². The lowest BCUT2D eigenvalue weighted by Crippen LogP contribution is -2.44. The van der Waals surface area contributed by atoms with Crippen LogP contribution in [0.15, 0.2) is 103 Å². The summed E-state index contributed by atoms with van der Waals surface area (Å²) in [6.07, 6.45) is 0.0200. The maximum atomic E-state index is 13.4. The van der Waals surface area contributed by atoms with Gasteiger partial charge in [0.25, 0.3) is 0 Å². The molecule has 1 aliphatic heterocycles. The first kappa shape index (κ1) is 26.4. The third-order valence-electron chi connectivity index (χ3n) is 6.30. The van der Waals surface area contributed by atoms with Gasteiger partial charge in [-0.1, -0.05) is 66.7 Å². The molecule has 0 amide bonds. The van der Waals surface area contributed by atoms with E-state index in [1.165, 1.54) is 0 Å². The van der Waals surface area contributed by atoms with Crippen LogP contribution in [0.25, 0.3) is 5.57 Å². The minimum atomic E-state index is -0.838. The van der Waals surface area contributed by atoms with Gasteiger partial charge in [-0.25, -0.2) is 4.79 Å². The summed E-state index contributed by atoms with van der Waals surface area (Å²) >= 11 is 0. The number of aliphatic hydroxyl groups is 1. The van der Waals surface area contributed by atoms with Crippen molar-refractivity contribution < 1.29 is 28.8 Å². The van der Waals surface area contributed by atoms with E-state index in [0.717, 1.165) is 22.3 Å². The first-order valence-electron chi connectivity index (χ1n) is 12.3. The van der Waals surface area contributed by atoms with Gasteiger partial charge < -0.3 is 24.1 Å². The largest absolute Gasteiger partial charge is 0.497 e. The predicted octanol–water partition coefficient (Wildman–Crippen LogP) is 5.23. The molecular weight excluding hydrogens is 468 g/mol. The van der Waals surface area contributed by atoms with E-state index in [4.69, 9.17) is 18.9 Å². The highest BCUT2D eigenvalue weighted by Crippen LogP contribution is 2.35. The number of methoxy groups -OCH3 is 1. The molecule has 0 aromatic heterocycles. The van der Waals surface area contributed by atoms with E-state index in [2.05, 4.69) is 6.58 Å². The number of ether oxygens (including phenoxy) is 4. The van der Waals surface area contributed by atoms with Crippen LogP contribution in [-0.2, 0) is 20.8 Å². The van der Waals surface area contributed by atoms with Gasteiger partial charge in [0.15, 0.2) is 6.10 Å². The van der Waals surface area contributed by atoms with E-state index in [9.17, 15) is 9.90 Å². The van der Waals surface area contributed by atoms with Crippen molar-refractivity contribution in [3.05, 3.63) is 120 Å².